The average Bonchev–Trinajstić information content (AvgIpc) is 2.15. The number of aromatic amines is 1. The second-order valence-corrected chi connectivity index (χ2v) is 3.78. The Balaban J connectivity index is 3.24. The summed E-state index contributed by atoms with van der Waals surface area (Å²) in [4.78, 5) is 24.8. The van der Waals surface area contributed by atoms with E-state index in [-0.39, 0.29) is 10.3 Å². The van der Waals surface area contributed by atoms with Crippen LogP contribution in [0.3, 0.4) is 0 Å². The average molecular weight is 296 g/mol. The topological polar surface area (TPSA) is 59.2 Å². The fourth-order valence-corrected chi connectivity index (χ4v) is 1.63. The number of halogens is 3. The highest BCUT2D eigenvalue weighted by Crippen LogP contribution is 2.20. The lowest BCUT2D eigenvalue weighted by Crippen LogP contribution is -2.17. The number of pyridine rings is 1. The Hall–Kier alpha value is -1.24. The van der Waals surface area contributed by atoms with Gasteiger partial charge in [0.25, 0.3) is 6.43 Å². The Bertz CT molecular complexity index is 459. The quantitative estimate of drug-likeness (QED) is 0.683. The lowest BCUT2D eigenvalue weighted by Gasteiger charge is -2.07. The molecule has 7 heteroatoms. The standard InChI is InChI=1S/C9H8BrF2NO3/c1-16-7(15)2-4-8(9(11)12)5(14)3-6(10)13-4/h3,9H,2H2,1H3,(H,13,14). The van der Waals surface area contributed by atoms with Crippen LogP contribution in [0, 0.1) is 0 Å². The van der Waals surface area contributed by atoms with Crippen molar-refractivity contribution in [1.82, 2.24) is 4.98 Å². The van der Waals surface area contributed by atoms with Crippen molar-refractivity contribution >= 4 is 21.9 Å². The molecule has 0 aliphatic heterocycles. The van der Waals surface area contributed by atoms with Crippen LogP contribution in [0.15, 0.2) is 15.5 Å². The normalized spacial score (nSPS) is 10.6. The number of esters is 1. The van der Waals surface area contributed by atoms with Gasteiger partial charge in [0, 0.05) is 11.8 Å². The lowest BCUT2D eigenvalue weighted by atomic mass is 10.1. The van der Waals surface area contributed by atoms with Crippen LogP contribution >= 0.6 is 15.9 Å². The summed E-state index contributed by atoms with van der Waals surface area (Å²) in [6.45, 7) is 0. The third kappa shape index (κ3) is 2.88. The van der Waals surface area contributed by atoms with Gasteiger partial charge in [-0.3, -0.25) is 9.59 Å². The highest BCUT2D eigenvalue weighted by Gasteiger charge is 2.20. The molecule has 0 saturated heterocycles. The van der Waals surface area contributed by atoms with Crippen molar-refractivity contribution in [3.05, 3.63) is 32.2 Å². The monoisotopic (exact) mass is 295 g/mol. The SMILES string of the molecule is COC(=O)Cc1[nH]c(Br)cc(=O)c1C(F)F. The second-order valence-electron chi connectivity index (χ2n) is 2.93. The maximum atomic E-state index is 12.6. The van der Waals surface area contributed by atoms with Crippen molar-refractivity contribution in [3.63, 3.8) is 0 Å². The molecule has 1 heterocycles. The van der Waals surface area contributed by atoms with Crippen molar-refractivity contribution < 1.29 is 18.3 Å². The fraction of sp³-hybridized carbons (Fsp3) is 0.333. The minimum absolute atomic E-state index is 0.138. The van der Waals surface area contributed by atoms with Crippen LogP contribution in [0.5, 0.6) is 0 Å². The second kappa shape index (κ2) is 5.20. The van der Waals surface area contributed by atoms with Gasteiger partial charge in [-0.2, -0.15) is 0 Å². The van der Waals surface area contributed by atoms with E-state index < -0.39 is 29.8 Å². The van der Waals surface area contributed by atoms with Crippen LogP contribution in [-0.4, -0.2) is 18.1 Å². The molecule has 88 valence electrons. The number of nitrogens with one attached hydrogen (secondary N) is 1. The molecular formula is C9H8BrF2NO3. The molecule has 0 unspecified atom stereocenters. The van der Waals surface area contributed by atoms with E-state index in [1.807, 2.05) is 0 Å². The van der Waals surface area contributed by atoms with Crippen molar-refractivity contribution in [2.75, 3.05) is 7.11 Å². The van der Waals surface area contributed by atoms with Crippen molar-refractivity contribution in [2.45, 2.75) is 12.8 Å². The fourth-order valence-electron chi connectivity index (χ4n) is 1.18. The number of aromatic nitrogens is 1. The van der Waals surface area contributed by atoms with E-state index in [9.17, 15) is 18.4 Å². The van der Waals surface area contributed by atoms with E-state index in [1.165, 1.54) is 0 Å². The number of rotatable bonds is 3. The molecule has 4 nitrogen and oxygen atoms in total. The largest absolute Gasteiger partial charge is 0.469 e. The van der Waals surface area contributed by atoms with Crippen molar-refractivity contribution in [3.8, 4) is 0 Å². The van der Waals surface area contributed by atoms with Crippen LogP contribution in [0.2, 0.25) is 0 Å². The molecule has 0 fully saturated rings. The molecule has 0 radical (unpaired) electrons. The van der Waals surface area contributed by atoms with E-state index in [4.69, 9.17) is 0 Å². The van der Waals surface area contributed by atoms with E-state index in [0.29, 0.717) is 0 Å². The molecule has 0 amide bonds. The van der Waals surface area contributed by atoms with Crippen LogP contribution < -0.4 is 5.43 Å². The third-order valence-electron chi connectivity index (χ3n) is 1.89. The Morgan fingerprint density at radius 3 is 2.75 bits per heavy atom. The predicted octanol–water partition coefficient (Wildman–Crippen LogP) is 1.79. The summed E-state index contributed by atoms with van der Waals surface area (Å²) in [6.07, 6.45) is -3.33. The molecule has 0 aromatic carbocycles. The van der Waals surface area contributed by atoms with Gasteiger partial charge in [0.15, 0.2) is 5.43 Å². The van der Waals surface area contributed by atoms with Gasteiger partial charge in [-0.15, -0.1) is 0 Å². The Kier molecular flexibility index (Phi) is 4.17. The first-order valence-corrected chi connectivity index (χ1v) is 5.01. The molecule has 0 aliphatic rings. The van der Waals surface area contributed by atoms with Gasteiger partial charge >= 0.3 is 5.97 Å². The summed E-state index contributed by atoms with van der Waals surface area (Å²) in [5.41, 5.74) is -1.66. The van der Waals surface area contributed by atoms with Gasteiger partial charge in [-0.05, 0) is 15.9 Å². The first-order valence-electron chi connectivity index (χ1n) is 4.22. The number of alkyl halides is 2. The van der Waals surface area contributed by atoms with Gasteiger partial charge < -0.3 is 9.72 Å². The Morgan fingerprint density at radius 1 is 1.62 bits per heavy atom. The van der Waals surface area contributed by atoms with Crippen LogP contribution in [0.1, 0.15) is 17.7 Å². The zero-order valence-electron chi connectivity index (χ0n) is 8.22. The molecule has 1 aromatic rings. The Morgan fingerprint density at radius 2 is 2.25 bits per heavy atom. The lowest BCUT2D eigenvalue weighted by molar-refractivity contribution is -0.139. The molecule has 0 spiro atoms. The number of carbonyl (C=O) groups excluding carboxylic acids is 1. The van der Waals surface area contributed by atoms with Gasteiger partial charge in [0.2, 0.25) is 0 Å². The summed E-state index contributed by atoms with van der Waals surface area (Å²) in [6, 6.07) is 0.988. The van der Waals surface area contributed by atoms with Gasteiger partial charge in [-0.1, -0.05) is 0 Å². The molecule has 0 atom stereocenters. The molecule has 0 bridgehead atoms. The third-order valence-corrected chi connectivity index (χ3v) is 2.31. The molecule has 16 heavy (non-hydrogen) atoms. The maximum absolute atomic E-state index is 12.6. The molecule has 0 saturated carbocycles. The number of carbonyl (C=O) groups is 1. The predicted molar refractivity (Wildman–Crippen MR) is 55.4 cm³/mol. The van der Waals surface area contributed by atoms with E-state index in [0.717, 1.165) is 13.2 Å². The highest BCUT2D eigenvalue weighted by molar-refractivity contribution is 9.10. The number of methoxy groups -OCH3 is 1. The van der Waals surface area contributed by atoms with E-state index in [1.54, 1.807) is 0 Å². The number of ether oxygens (including phenoxy) is 1. The minimum atomic E-state index is -2.93. The summed E-state index contributed by atoms with van der Waals surface area (Å²) in [5, 5.41) is 0. The summed E-state index contributed by atoms with van der Waals surface area (Å²) in [5.74, 6) is -0.698. The van der Waals surface area contributed by atoms with E-state index >= 15 is 0 Å². The smallest absolute Gasteiger partial charge is 0.311 e. The number of H-pyrrole nitrogens is 1. The minimum Gasteiger partial charge on any atom is -0.469 e. The summed E-state index contributed by atoms with van der Waals surface area (Å²) in [7, 11) is 1.14. The number of hydrogen-bond donors (Lipinski definition) is 1. The zero-order chi connectivity index (χ0) is 12.3. The van der Waals surface area contributed by atoms with Gasteiger partial charge in [0.1, 0.15) is 0 Å². The Labute approximate surface area is 97.7 Å². The molecule has 1 N–H and O–H groups in total. The highest BCUT2D eigenvalue weighted by atomic mass is 79.9. The van der Waals surface area contributed by atoms with E-state index in [2.05, 4.69) is 25.7 Å². The molecule has 1 rings (SSSR count). The van der Waals surface area contributed by atoms with Crippen LogP contribution in [-0.2, 0) is 16.0 Å². The van der Waals surface area contributed by atoms with Crippen molar-refractivity contribution in [2.24, 2.45) is 0 Å². The van der Waals surface area contributed by atoms with Crippen LogP contribution in [0.4, 0.5) is 8.78 Å². The number of hydrogen-bond acceptors (Lipinski definition) is 3. The zero-order valence-corrected chi connectivity index (χ0v) is 9.81. The van der Waals surface area contributed by atoms with Gasteiger partial charge in [-0.25, -0.2) is 8.78 Å². The molecular weight excluding hydrogens is 288 g/mol. The van der Waals surface area contributed by atoms with Crippen molar-refractivity contribution in [1.29, 1.82) is 0 Å². The molecule has 0 aliphatic carbocycles. The molecule has 1 aromatic heterocycles. The first-order chi connectivity index (χ1) is 7.45. The van der Waals surface area contributed by atoms with Crippen LogP contribution in [0.25, 0.3) is 0 Å². The summed E-state index contributed by atoms with van der Waals surface area (Å²) >= 11 is 2.96. The van der Waals surface area contributed by atoms with Gasteiger partial charge in [0.05, 0.1) is 23.7 Å². The first kappa shape index (κ1) is 12.8. The summed E-state index contributed by atoms with van der Waals surface area (Å²) < 4.78 is 29.8. The maximum Gasteiger partial charge on any atom is 0.311 e.